The molecule has 1 heterocycles. The minimum absolute atomic E-state index is 0.102. The molecule has 102 valence electrons. The first-order chi connectivity index (χ1) is 8.74. The van der Waals surface area contributed by atoms with Crippen molar-refractivity contribution >= 4 is 11.6 Å². The second-order valence-corrected chi connectivity index (χ2v) is 5.32. The van der Waals surface area contributed by atoms with Crippen LogP contribution in [0.25, 0.3) is 0 Å². The Morgan fingerprint density at radius 3 is 2.39 bits per heavy atom. The van der Waals surface area contributed by atoms with Gasteiger partial charge in [0.05, 0.1) is 0 Å². The lowest BCUT2D eigenvalue weighted by Crippen LogP contribution is -2.10. The summed E-state index contributed by atoms with van der Waals surface area (Å²) in [6.07, 6.45) is 12.1. The fourth-order valence-electron chi connectivity index (χ4n) is 2.09. The molecule has 0 saturated heterocycles. The Hall–Kier alpha value is -0.600. The third kappa shape index (κ3) is 6.36. The van der Waals surface area contributed by atoms with Crippen molar-refractivity contribution in [1.29, 1.82) is 0 Å². The predicted octanol–water partition coefficient (Wildman–Crippen LogP) is 4.88. The molecule has 2 N–H and O–H groups in total. The number of nitrogens with zero attached hydrogens (tertiary/aromatic N) is 1. The molecule has 1 aromatic heterocycles. The molecule has 0 fully saturated rings. The highest BCUT2D eigenvalue weighted by Gasteiger charge is 2.05. The van der Waals surface area contributed by atoms with E-state index in [4.69, 9.17) is 17.3 Å². The van der Waals surface area contributed by atoms with Gasteiger partial charge in [0.25, 0.3) is 0 Å². The summed E-state index contributed by atoms with van der Waals surface area (Å²) in [6.45, 7) is 2.25. The van der Waals surface area contributed by atoms with Gasteiger partial charge in [-0.05, 0) is 18.1 Å². The van der Waals surface area contributed by atoms with Crippen molar-refractivity contribution in [2.45, 2.75) is 64.3 Å². The number of unbranched alkanes of at least 4 members (excludes halogenated alkanes) is 6. The Morgan fingerprint density at radius 1 is 1.11 bits per heavy atom. The van der Waals surface area contributed by atoms with E-state index in [2.05, 4.69) is 11.9 Å². The van der Waals surface area contributed by atoms with E-state index < -0.39 is 0 Å². The summed E-state index contributed by atoms with van der Waals surface area (Å²) >= 11 is 5.75. The standard InChI is InChI=1S/C15H25ClN2/c1-2-3-4-5-6-7-8-9-14(17)13-10-11-15(16)18-12-13/h10-12,14H,2-9,17H2,1H3. The second kappa shape index (κ2) is 9.35. The molecule has 1 unspecified atom stereocenters. The maximum absolute atomic E-state index is 6.12. The van der Waals surface area contributed by atoms with E-state index in [0.717, 1.165) is 12.0 Å². The molecule has 3 heteroatoms. The zero-order valence-electron chi connectivity index (χ0n) is 11.4. The molecule has 0 aliphatic carbocycles. The first-order valence-electron chi connectivity index (χ1n) is 7.11. The summed E-state index contributed by atoms with van der Waals surface area (Å²) in [5.41, 5.74) is 7.21. The molecule has 1 atom stereocenters. The van der Waals surface area contributed by atoms with Crippen LogP contribution in [0.4, 0.5) is 0 Å². The van der Waals surface area contributed by atoms with Crippen molar-refractivity contribution < 1.29 is 0 Å². The summed E-state index contributed by atoms with van der Waals surface area (Å²) in [6, 6.07) is 3.88. The van der Waals surface area contributed by atoms with Crippen molar-refractivity contribution in [3.63, 3.8) is 0 Å². The average Bonchev–Trinajstić information content (AvgIpc) is 2.38. The Kier molecular flexibility index (Phi) is 8.03. The average molecular weight is 269 g/mol. The van der Waals surface area contributed by atoms with Gasteiger partial charge in [-0.15, -0.1) is 0 Å². The number of hydrogen-bond donors (Lipinski definition) is 1. The van der Waals surface area contributed by atoms with E-state index in [1.165, 1.54) is 44.9 Å². The minimum Gasteiger partial charge on any atom is -0.324 e. The van der Waals surface area contributed by atoms with Gasteiger partial charge in [0.2, 0.25) is 0 Å². The summed E-state index contributed by atoms with van der Waals surface area (Å²) in [4.78, 5) is 4.06. The Bertz CT molecular complexity index is 311. The van der Waals surface area contributed by atoms with E-state index in [-0.39, 0.29) is 6.04 Å². The predicted molar refractivity (Wildman–Crippen MR) is 78.8 cm³/mol. The van der Waals surface area contributed by atoms with Crippen LogP contribution < -0.4 is 5.73 Å². The third-order valence-corrected chi connectivity index (χ3v) is 3.52. The Labute approximate surface area is 116 Å². The van der Waals surface area contributed by atoms with Gasteiger partial charge in [0.15, 0.2) is 0 Å². The lowest BCUT2D eigenvalue weighted by atomic mass is 10.0. The molecule has 0 aliphatic heterocycles. The van der Waals surface area contributed by atoms with Crippen LogP contribution in [0.1, 0.15) is 69.9 Å². The number of aromatic nitrogens is 1. The molecule has 1 rings (SSSR count). The quantitative estimate of drug-likeness (QED) is 0.512. The van der Waals surface area contributed by atoms with Gasteiger partial charge in [-0.2, -0.15) is 0 Å². The van der Waals surface area contributed by atoms with Crippen molar-refractivity contribution in [3.8, 4) is 0 Å². The molecule has 0 aromatic carbocycles. The van der Waals surface area contributed by atoms with Crippen LogP contribution in [0.2, 0.25) is 5.15 Å². The smallest absolute Gasteiger partial charge is 0.129 e. The number of nitrogens with two attached hydrogens (primary N) is 1. The number of rotatable bonds is 9. The van der Waals surface area contributed by atoms with Crippen molar-refractivity contribution in [1.82, 2.24) is 4.98 Å². The van der Waals surface area contributed by atoms with Gasteiger partial charge in [-0.3, -0.25) is 0 Å². The topological polar surface area (TPSA) is 38.9 Å². The molecule has 0 spiro atoms. The molecule has 0 radical (unpaired) electrons. The molecule has 0 bridgehead atoms. The van der Waals surface area contributed by atoms with E-state index in [9.17, 15) is 0 Å². The van der Waals surface area contributed by atoms with Crippen LogP contribution in [-0.2, 0) is 0 Å². The van der Waals surface area contributed by atoms with Gasteiger partial charge in [0.1, 0.15) is 5.15 Å². The SMILES string of the molecule is CCCCCCCCCC(N)c1ccc(Cl)nc1. The van der Waals surface area contributed by atoms with Gasteiger partial charge in [-0.25, -0.2) is 4.98 Å². The molecular weight excluding hydrogens is 244 g/mol. The summed E-state index contributed by atoms with van der Waals surface area (Å²) in [5, 5.41) is 0.530. The lowest BCUT2D eigenvalue weighted by Gasteiger charge is -2.11. The van der Waals surface area contributed by atoms with Crippen LogP contribution in [-0.4, -0.2) is 4.98 Å². The fraction of sp³-hybridized carbons (Fsp3) is 0.667. The Morgan fingerprint density at radius 2 is 1.78 bits per heavy atom. The highest BCUT2D eigenvalue weighted by molar-refractivity contribution is 6.29. The van der Waals surface area contributed by atoms with Crippen LogP contribution in [0.3, 0.4) is 0 Å². The van der Waals surface area contributed by atoms with Crippen molar-refractivity contribution in [2.24, 2.45) is 5.73 Å². The van der Waals surface area contributed by atoms with Gasteiger partial charge >= 0.3 is 0 Å². The van der Waals surface area contributed by atoms with Crippen LogP contribution in [0.15, 0.2) is 18.3 Å². The zero-order valence-corrected chi connectivity index (χ0v) is 12.1. The molecule has 18 heavy (non-hydrogen) atoms. The largest absolute Gasteiger partial charge is 0.324 e. The van der Waals surface area contributed by atoms with E-state index in [0.29, 0.717) is 5.15 Å². The van der Waals surface area contributed by atoms with Gasteiger partial charge in [0, 0.05) is 12.2 Å². The molecule has 1 aromatic rings. The van der Waals surface area contributed by atoms with E-state index >= 15 is 0 Å². The number of halogens is 1. The number of pyridine rings is 1. The lowest BCUT2D eigenvalue weighted by molar-refractivity contribution is 0.540. The van der Waals surface area contributed by atoms with Crippen LogP contribution in [0, 0.1) is 0 Å². The second-order valence-electron chi connectivity index (χ2n) is 4.93. The summed E-state index contributed by atoms with van der Waals surface area (Å²) < 4.78 is 0. The zero-order chi connectivity index (χ0) is 13.2. The molecule has 0 saturated carbocycles. The van der Waals surface area contributed by atoms with E-state index in [1.54, 1.807) is 6.20 Å². The summed E-state index contributed by atoms with van der Waals surface area (Å²) in [7, 11) is 0. The maximum Gasteiger partial charge on any atom is 0.129 e. The van der Waals surface area contributed by atoms with Crippen LogP contribution in [0.5, 0.6) is 0 Å². The maximum atomic E-state index is 6.12. The normalized spacial score (nSPS) is 12.6. The first-order valence-corrected chi connectivity index (χ1v) is 7.49. The molecule has 0 aliphatic rings. The van der Waals surface area contributed by atoms with Gasteiger partial charge < -0.3 is 5.73 Å². The van der Waals surface area contributed by atoms with Crippen LogP contribution >= 0.6 is 11.6 Å². The molecule has 2 nitrogen and oxygen atoms in total. The highest BCUT2D eigenvalue weighted by Crippen LogP contribution is 2.18. The minimum atomic E-state index is 0.102. The van der Waals surface area contributed by atoms with E-state index in [1.807, 2.05) is 12.1 Å². The monoisotopic (exact) mass is 268 g/mol. The fourth-order valence-corrected chi connectivity index (χ4v) is 2.21. The van der Waals surface area contributed by atoms with Crippen molar-refractivity contribution in [3.05, 3.63) is 29.0 Å². The van der Waals surface area contributed by atoms with Gasteiger partial charge in [-0.1, -0.05) is 69.5 Å². The highest BCUT2D eigenvalue weighted by atomic mass is 35.5. The summed E-state index contributed by atoms with van der Waals surface area (Å²) in [5.74, 6) is 0. The molecular formula is C15H25ClN2. The third-order valence-electron chi connectivity index (χ3n) is 3.30. The molecule has 0 amide bonds. The van der Waals surface area contributed by atoms with Crippen molar-refractivity contribution in [2.75, 3.05) is 0 Å². The number of hydrogen-bond acceptors (Lipinski definition) is 2. The first kappa shape index (κ1) is 15.5. The Balaban J connectivity index is 2.10.